The summed E-state index contributed by atoms with van der Waals surface area (Å²) in [7, 11) is 0. The lowest BCUT2D eigenvalue weighted by Crippen LogP contribution is -2.46. The molecule has 1 saturated carbocycles. The topological polar surface area (TPSA) is 54.3 Å². The van der Waals surface area contributed by atoms with E-state index >= 15 is 0 Å². The maximum Gasteiger partial charge on any atom is 0.256 e. The minimum Gasteiger partial charge on any atom is -0.352 e. The first-order valence-electron chi connectivity index (χ1n) is 10.4. The van der Waals surface area contributed by atoms with Gasteiger partial charge in [0.1, 0.15) is 6.04 Å². The maximum absolute atomic E-state index is 13.5. The van der Waals surface area contributed by atoms with E-state index in [0.717, 1.165) is 36.6 Å². The lowest BCUT2D eigenvalue weighted by Gasteiger charge is -2.23. The normalized spacial score (nSPS) is 18.9. The van der Waals surface area contributed by atoms with Crippen LogP contribution in [0.25, 0.3) is 10.9 Å². The molecular weight excluding hydrogens is 362 g/mol. The Balaban J connectivity index is 1.46. The molecule has 1 unspecified atom stereocenters. The number of benzene rings is 2. The molecule has 2 heterocycles. The van der Waals surface area contributed by atoms with Gasteiger partial charge in [0, 0.05) is 36.2 Å². The SMILES string of the molecule is O=C(NC1CC1)C1CCCN1C(=O)c1cn(Cc2ccccc2)c2ccccc12. The van der Waals surface area contributed by atoms with Crippen LogP contribution in [0.3, 0.4) is 0 Å². The van der Waals surface area contributed by atoms with Crippen molar-refractivity contribution in [3.63, 3.8) is 0 Å². The van der Waals surface area contributed by atoms with Crippen LogP contribution in [-0.4, -0.2) is 39.9 Å². The molecule has 2 fully saturated rings. The Morgan fingerprint density at radius 2 is 1.72 bits per heavy atom. The molecular formula is C24H25N3O2. The van der Waals surface area contributed by atoms with Gasteiger partial charge in [-0.25, -0.2) is 0 Å². The van der Waals surface area contributed by atoms with E-state index in [-0.39, 0.29) is 17.9 Å². The summed E-state index contributed by atoms with van der Waals surface area (Å²) < 4.78 is 2.13. The van der Waals surface area contributed by atoms with Crippen molar-refractivity contribution in [2.24, 2.45) is 0 Å². The van der Waals surface area contributed by atoms with E-state index in [1.807, 2.05) is 42.6 Å². The summed E-state index contributed by atoms with van der Waals surface area (Å²) in [5, 5.41) is 4.02. The van der Waals surface area contributed by atoms with Crippen LogP contribution in [0.4, 0.5) is 0 Å². The smallest absolute Gasteiger partial charge is 0.256 e. The van der Waals surface area contributed by atoms with E-state index in [1.165, 1.54) is 5.56 Å². The van der Waals surface area contributed by atoms with E-state index in [0.29, 0.717) is 24.7 Å². The largest absolute Gasteiger partial charge is 0.352 e. The Bertz CT molecular complexity index is 1050. The van der Waals surface area contributed by atoms with E-state index in [1.54, 1.807) is 4.90 Å². The summed E-state index contributed by atoms with van der Waals surface area (Å²) in [5.41, 5.74) is 2.91. The summed E-state index contributed by atoms with van der Waals surface area (Å²) >= 11 is 0. The van der Waals surface area contributed by atoms with Crippen LogP contribution in [-0.2, 0) is 11.3 Å². The Morgan fingerprint density at radius 3 is 2.52 bits per heavy atom. The molecule has 0 spiro atoms. The highest BCUT2D eigenvalue weighted by molar-refractivity contribution is 6.08. The van der Waals surface area contributed by atoms with Gasteiger partial charge in [-0.3, -0.25) is 9.59 Å². The zero-order chi connectivity index (χ0) is 19.8. The number of amides is 2. The molecule has 1 aliphatic carbocycles. The summed E-state index contributed by atoms with van der Waals surface area (Å²) in [6.45, 7) is 1.35. The summed E-state index contributed by atoms with van der Waals surface area (Å²) in [6.07, 6.45) is 5.68. The van der Waals surface area contributed by atoms with E-state index < -0.39 is 0 Å². The molecule has 0 radical (unpaired) electrons. The average Bonchev–Trinajstić information content (AvgIpc) is 3.29. The van der Waals surface area contributed by atoms with Gasteiger partial charge in [-0.2, -0.15) is 0 Å². The molecule has 29 heavy (non-hydrogen) atoms. The lowest BCUT2D eigenvalue weighted by atomic mass is 10.1. The van der Waals surface area contributed by atoms with Gasteiger partial charge in [-0.05, 0) is 37.3 Å². The third-order valence-corrected chi connectivity index (χ3v) is 5.95. The Hall–Kier alpha value is -3.08. The Morgan fingerprint density at radius 1 is 0.966 bits per heavy atom. The predicted molar refractivity (Wildman–Crippen MR) is 113 cm³/mol. The summed E-state index contributed by atoms with van der Waals surface area (Å²) in [4.78, 5) is 27.9. The second kappa shape index (κ2) is 7.39. The molecule has 1 N–H and O–H groups in total. The van der Waals surface area contributed by atoms with Gasteiger partial charge in [0.05, 0.1) is 5.56 Å². The van der Waals surface area contributed by atoms with Crippen LogP contribution in [0.5, 0.6) is 0 Å². The lowest BCUT2D eigenvalue weighted by molar-refractivity contribution is -0.125. The number of nitrogens with one attached hydrogen (secondary N) is 1. The molecule has 5 heteroatoms. The number of carbonyl (C=O) groups excluding carboxylic acids is 2. The number of carbonyl (C=O) groups is 2. The van der Waals surface area contributed by atoms with Crippen molar-refractivity contribution in [1.29, 1.82) is 0 Å². The fourth-order valence-corrected chi connectivity index (χ4v) is 4.29. The number of rotatable bonds is 5. The van der Waals surface area contributed by atoms with Crippen LogP contribution in [0.1, 0.15) is 41.6 Å². The summed E-state index contributed by atoms with van der Waals surface area (Å²) in [5.74, 6) is -0.0344. The molecule has 3 aromatic rings. The quantitative estimate of drug-likeness (QED) is 0.728. The first-order valence-corrected chi connectivity index (χ1v) is 10.4. The van der Waals surface area contributed by atoms with Crippen LogP contribution in [0, 0.1) is 0 Å². The molecule has 2 aliphatic rings. The maximum atomic E-state index is 13.5. The fourth-order valence-electron chi connectivity index (χ4n) is 4.29. The molecule has 5 nitrogen and oxygen atoms in total. The highest BCUT2D eigenvalue weighted by Crippen LogP contribution is 2.28. The molecule has 148 valence electrons. The van der Waals surface area contributed by atoms with Crippen LogP contribution in [0.15, 0.2) is 60.8 Å². The number of nitrogens with zero attached hydrogens (tertiary/aromatic N) is 2. The monoisotopic (exact) mass is 387 g/mol. The third-order valence-electron chi connectivity index (χ3n) is 5.95. The van der Waals surface area contributed by atoms with Gasteiger partial charge in [0.15, 0.2) is 0 Å². The number of para-hydroxylation sites is 1. The zero-order valence-corrected chi connectivity index (χ0v) is 16.4. The van der Waals surface area contributed by atoms with Crippen molar-refractivity contribution in [1.82, 2.24) is 14.8 Å². The number of hydrogen-bond acceptors (Lipinski definition) is 2. The molecule has 1 saturated heterocycles. The average molecular weight is 387 g/mol. The molecule has 1 atom stereocenters. The molecule has 0 bridgehead atoms. The van der Waals surface area contributed by atoms with Gasteiger partial charge in [-0.1, -0.05) is 48.5 Å². The van der Waals surface area contributed by atoms with Gasteiger partial charge >= 0.3 is 0 Å². The number of hydrogen-bond donors (Lipinski definition) is 1. The van der Waals surface area contributed by atoms with Crippen molar-refractivity contribution < 1.29 is 9.59 Å². The Kier molecular flexibility index (Phi) is 4.58. The predicted octanol–water partition coefficient (Wildman–Crippen LogP) is 3.57. The molecule has 5 rings (SSSR count). The fraction of sp³-hybridized carbons (Fsp3) is 0.333. The molecule has 1 aromatic heterocycles. The standard InChI is InChI=1S/C24H25N3O2/c28-23(25-18-12-13-18)22-11-6-14-27(22)24(29)20-16-26(15-17-7-2-1-3-8-17)21-10-5-4-9-19(20)21/h1-5,7-10,16,18,22H,6,11-15H2,(H,25,28). The van der Waals surface area contributed by atoms with Gasteiger partial charge < -0.3 is 14.8 Å². The van der Waals surface area contributed by atoms with Crippen molar-refractivity contribution in [3.8, 4) is 0 Å². The van der Waals surface area contributed by atoms with E-state index in [9.17, 15) is 9.59 Å². The van der Waals surface area contributed by atoms with Crippen molar-refractivity contribution in [3.05, 3.63) is 71.9 Å². The van der Waals surface area contributed by atoms with E-state index in [2.05, 4.69) is 28.1 Å². The second-order valence-corrected chi connectivity index (χ2v) is 8.11. The first-order chi connectivity index (χ1) is 14.2. The minimum atomic E-state index is -0.348. The first kappa shape index (κ1) is 18.0. The molecule has 1 aliphatic heterocycles. The van der Waals surface area contributed by atoms with Crippen LogP contribution in [0.2, 0.25) is 0 Å². The van der Waals surface area contributed by atoms with Crippen LogP contribution >= 0.6 is 0 Å². The number of aromatic nitrogens is 1. The van der Waals surface area contributed by atoms with Crippen LogP contribution < -0.4 is 5.32 Å². The van der Waals surface area contributed by atoms with Gasteiger partial charge in [0.25, 0.3) is 5.91 Å². The van der Waals surface area contributed by atoms with E-state index in [4.69, 9.17) is 0 Å². The zero-order valence-electron chi connectivity index (χ0n) is 16.4. The minimum absolute atomic E-state index is 0.00590. The van der Waals surface area contributed by atoms with Gasteiger partial charge in [0.2, 0.25) is 5.91 Å². The highest BCUT2D eigenvalue weighted by Gasteiger charge is 2.37. The number of likely N-dealkylation sites (tertiary alicyclic amines) is 1. The second-order valence-electron chi connectivity index (χ2n) is 8.11. The summed E-state index contributed by atoms with van der Waals surface area (Å²) in [6, 6.07) is 18.2. The van der Waals surface area contributed by atoms with Crippen molar-refractivity contribution >= 4 is 22.7 Å². The van der Waals surface area contributed by atoms with Crippen molar-refractivity contribution in [2.45, 2.75) is 44.3 Å². The molecule has 2 amide bonds. The number of fused-ring (bicyclic) bond motifs is 1. The molecule has 2 aromatic carbocycles. The van der Waals surface area contributed by atoms with Gasteiger partial charge in [-0.15, -0.1) is 0 Å². The third kappa shape index (κ3) is 3.53. The van der Waals surface area contributed by atoms with Crippen molar-refractivity contribution in [2.75, 3.05) is 6.54 Å². The Labute approximate surface area is 170 Å². The highest BCUT2D eigenvalue weighted by atomic mass is 16.2.